The zero-order valence-electron chi connectivity index (χ0n) is 20.4. The van der Waals surface area contributed by atoms with Crippen molar-refractivity contribution in [3.63, 3.8) is 0 Å². The zero-order valence-corrected chi connectivity index (χ0v) is 21.4. The van der Waals surface area contributed by atoms with E-state index in [4.69, 9.17) is 0 Å². The van der Waals surface area contributed by atoms with Crippen LogP contribution in [0.4, 0.5) is 4.79 Å². The molecule has 3 N–H and O–H groups in total. The summed E-state index contributed by atoms with van der Waals surface area (Å²) in [6.45, 7) is 11.7. The molecule has 1 aliphatic carbocycles. The van der Waals surface area contributed by atoms with Crippen LogP contribution in [0.2, 0.25) is 24.7 Å². The number of hydrogen-bond donors (Lipinski definition) is 3. The van der Waals surface area contributed by atoms with Crippen LogP contribution in [0.5, 0.6) is 0 Å². The van der Waals surface area contributed by atoms with Gasteiger partial charge in [-0.1, -0.05) is 50.0 Å². The van der Waals surface area contributed by atoms with Gasteiger partial charge in [0.1, 0.15) is 5.84 Å². The summed E-state index contributed by atoms with van der Waals surface area (Å²) < 4.78 is 0. The van der Waals surface area contributed by atoms with Gasteiger partial charge in [0.05, 0.1) is 32.7 Å². The Labute approximate surface area is 197 Å². The van der Waals surface area contributed by atoms with Crippen molar-refractivity contribution in [2.75, 3.05) is 19.7 Å². The first-order chi connectivity index (χ1) is 15.5. The van der Waals surface area contributed by atoms with E-state index in [1.807, 2.05) is 49.1 Å². The van der Waals surface area contributed by atoms with Gasteiger partial charge in [-0.2, -0.15) is 0 Å². The molecule has 0 radical (unpaired) electrons. The predicted molar refractivity (Wildman–Crippen MR) is 133 cm³/mol. The number of urea groups is 1. The number of amidine groups is 1. The minimum atomic E-state index is -1.64. The van der Waals surface area contributed by atoms with Crippen LogP contribution in [0.15, 0.2) is 46.5 Å². The minimum Gasteiger partial charge on any atom is -0.396 e. The van der Waals surface area contributed by atoms with Crippen molar-refractivity contribution in [2.24, 2.45) is 4.99 Å². The Balaban J connectivity index is 1.48. The first-order valence-corrected chi connectivity index (χ1v) is 15.3. The Kier molecular flexibility index (Phi) is 6.03. The highest BCUT2D eigenvalue weighted by Crippen LogP contribution is 2.60. The molecule has 0 spiro atoms. The largest absolute Gasteiger partial charge is 0.396 e. The molecular formula is C25H36N4O3Si. The van der Waals surface area contributed by atoms with Crippen LogP contribution in [-0.4, -0.2) is 61.1 Å². The van der Waals surface area contributed by atoms with Gasteiger partial charge in [-0.15, -0.1) is 0 Å². The highest BCUT2D eigenvalue weighted by Gasteiger charge is 2.59. The summed E-state index contributed by atoms with van der Waals surface area (Å²) in [4.78, 5) is 33.0. The molecule has 0 saturated heterocycles. The number of nitrogens with one attached hydrogen (secondary N) is 2. The third-order valence-electron chi connectivity index (χ3n) is 7.79. The van der Waals surface area contributed by atoms with Gasteiger partial charge in [0.2, 0.25) is 5.91 Å². The molecule has 2 aliphatic heterocycles. The van der Waals surface area contributed by atoms with Crippen molar-refractivity contribution in [1.29, 1.82) is 0 Å². The number of benzene rings is 1. The highest BCUT2D eigenvalue weighted by molar-refractivity contribution is 6.83. The summed E-state index contributed by atoms with van der Waals surface area (Å²) >= 11 is 0. The normalized spacial score (nSPS) is 21.4. The molecule has 1 atom stereocenters. The van der Waals surface area contributed by atoms with Crippen LogP contribution < -0.4 is 10.6 Å². The maximum atomic E-state index is 13.4. The van der Waals surface area contributed by atoms with Gasteiger partial charge in [-0.3, -0.25) is 9.79 Å². The summed E-state index contributed by atoms with van der Waals surface area (Å²) in [6.07, 6.45) is 2.36. The van der Waals surface area contributed by atoms with Crippen LogP contribution in [0.1, 0.15) is 44.7 Å². The predicted octanol–water partition coefficient (Wildman–Crippen LogP) is 3.61. The Morgan fingerprint density at radius 3 is 2.42 bits per heavy atom. The number of amides is 3. The zero-order chi connectivity index (χ0) is 24.0. The van der Waals surface area contributed by atoms with Crippen LogP contribution in [0.25, 0.3) is 0 Å². The second-order valence-corrected chi connectivity index (χ2v) is 16.4. The van der Waals surface area contributed by atoms with E-state index >= 15 is 0 Å². The molecule has 4 rings (SSSR count). The molecule has 3 aliphatic rings. The molecule has 0 bridgehead atoms. The van der Waals surface area contributed by atoms with E-state index in [-0.39, 0.29) is 29.6 Å². The Morgan fingerprint density at radius 1 is 1.18 bits per heavy atom. The van der Waals surface area contributed by atoms with Crippen LogP contribution >= 0.6 is 0 Å². The molecule has 1 aromatic carbocycles. The molecule has 1 fully saturated rings. The second kappa shape index (κ2) is 8.40. The second-order valence-electron chi connectivity index (χ2n) is 11.0. The highest BCUT2D eigenvalue weighted by atomic mass is 28.3. The summed E-state index contributed by atoms with van der Waals surface area (Å²) in [7, 11) is -1.64. The molecule has 2 heterocycles. The quantitative estimate of drug-likeness (QED) is 0.557. The van der Waals surface area contributed by atoms with Crippen LogP contribution in [-0.2, 0) is 4.79 Å². The minimum absolute atomic E-state index is 0.0142. The number of nitrogens with zero attached hydrogens (tertiary/aromatic N) is 2. The lowest BCUT2D eigenvalue weighted by atomic mass is 9.94. The Bertz CT molecular complexity index is 1010. The number of aliphatic hydroxyl groups excluding tert-OH is 1. The van der Waals surface area contributed by atoms with Crippen molar-refractivity contribution in [1.82, 2.24) is 15.5 Å². The van der Waals surface area contributed by atoms with Gasteiger partial charge >= 0.3 is 6.03 Å². The first-order valence-electron chi connectivity index (χ1n) is 11.8. The van der Waals surface area contributed by atoms with E-state index in [2.05, 4.69) is 35.3 Å². The van der Waals surface area contributed by atoms with E-state index in [9.17, 15) is 14.7 Å². The van der Waals surface area contributed by atoms with E-state index in [0.29, 0.717) is 25.3 Å². The third kappa shape index (κ3) is 4.15. The lowest BCUT2D eigenvalue weighted by Crippen LogP contribution is -2.51. The number of carbonyl (C=O) groups excluding carboxylic acids is 2. The van der Waals surface area contributed by atoms with Crippen molar-refractivity contribution < 1.29 is 14.7 Å². The summed E-state index contributed by atoms with van der Waals surface area (Å²) in [5.74, 6) is 0.736. The lowest BCUT2D eigenvalue weighted by Gasteiger charge is -2.35. The summed E-state index contributed by atoms with van der Waals surface area (Å²) in [5.41, 5.74) is 2.51. The van der Waals surface area contributed by atoms with Gasteiger partial charge in [0.15, 0.2) is 0 Å². The number of hydrogen-bond acceptors (Lipinski definition) is 4. The fourth-order valence-corrected chi connectivity index (χ4v) is 7.59. The molecule has 33 heavy (non-hydrogen) atoms. The van der Waals surface area contributed by atoms with Gasteiger partial charge in [-0.05, 0) is 44.2 Å². The average Bonchev–Trinajstić information content (AvgIpc) is 3.43. The average molecular weight is 469 g/mol. The standard InChI is InChI=1S/C25H36N4O3Si/c1-24(2)19-15-26-21(28-22(31)25(12-13-25)33(3,4)5)18(19)16-29(24)23(32)27-20(11-14-30)17-9-7-6-8-10-17/h6-10,20,30H,11-16H2,1-5H3,(H,27,32)(H,26,28,31)/t20-/m1/s1. The van der Waals surface area contributed by atoms with Gasteiger partial charge in [0.25, 0.3) is 0 Å². The van der Waals surface area contributed by atoms with E-state index in [0.717, 1.165) is 29.6 Å². The maximum absolute atomic E-state index is 13.4. The number of rotatable bonds is 6. The fourth-order valence-electron chi connectivity index (χ4n) is 5.22. The van der Waals surface area contributed by atoms with Gasteiger partial charge in [0, 0.05) is 17.2 Å². The number of aliphatic imine (C=N–C) groups is 1. The van der Waals surface area contributed by atoms with Crippen LogP contribution in [0, 0.1) is 0 Å². The van der Waals surface area contributed by atoms with E-state index in [1.165, 1.54) is 0 Å². The first kappa shape index (κ1) is 23.7. The molecule has 0 unspecified atom stereocenters. The maximum Gasteiger partial charge on any atom is 0.318 e. The molecule has 3 amide bonds. The van der Waals surface area contributed by atoms with Crippen LogP contribution in [0.3, 0.4) is 0 Å². The SMILES string of the molecule is CC1(C)C2=C(CN1C(=O)N[C@H](CCO)c1ccccc1)C(NC(=O)C1([Si](C)(C)C)CC1)=NC2. The van der Waals surface area contributed by atoms with E-state index < -0.39 is 13.6 Å². The molecule has 178 valence electrons. The molecule has 1 aromatic rings. The Morgan fingerprint density at radius 2 is 1.85 bits per heavy atom. The Hall–Kier alpha value is -2.45. The third-order valence-corrected chi connectivity index (χ3v) is 11.4. The molecule has 1 saturated carbocycles. The van der Waals surface area contributed by atoms with Crippen molar-refractivity contribution in [3.8, 4) is 0 Å². The van der Waals surface area contributed by atoms with Crippen molar-refractivity contribution in [2.45, 2.75) is 69.4 Å². The molecule has 8 heteroatoms. The summed E-state index contributed by atoms with van der Waals surface area (Å²) in [6, 6.07) is 9.27. The topological polar surface area (TPSA) is 94.0 Å². The molecular weight excluding hydrogens is 432 g/mol. The number of aliphatic hydroxyl groups is 1. The number of carbonyl (C=O) groups is 2. The van der Waals surface area contributed by atoms with E-state index in [1.54, 1.807) is 0 Å². The lowest BCUT2D eigenvalue weighted by molar-refractivity contribution is -0.120. The molecule has 7 nitrogen and oxygen atoms in total. The van der Waals surface area contributed by atoms with Crippen molar-refractivity contribution in [3.05, 3.63) is 47.0 Å². The monoisotopic (exact) mass is 468 g/mol. The van der Waals surface area contributed by atoms with Gasteiger partial charge in [-0.25, -0.2) is 4.79 Å². The van der Waals surface area contributed by atoms with Gasteiger partial charge < -0.3 is 20.6 Å². The fraction of sp³-hybridized carbons (Fsp3) is 0.560. The molecule has 0 aromatic heterocycles. The summed E-state index contributed by atoms with van der Waals surface area (Å²) in [5, 5.41) is 15.6. The van der Waals surface area contributed by atoms with Crippen molar-refractivity contribution >= 4 is 25.8 Å². The smallest absolute Gasteiger partial charge is 0.318 e.